The number of ether oxygens (including phenoxy) is 1. The van der Waals surface area contributed by atoms with Crippen LogP contribution in [-0.4, -0.2) is 10.7 Å². The minimum absolute atomic E-state index is 0.171. The third-order valence-electron chi connectivity index (χ3n) is 4.74. The lowest BCUT2D eigenvalue weighted by Crippen LogP contribution is -2.45. The standard InChI is InChI=1S/C16H21ClO2/c1-15(2)5-7-16(8-6-15)10-13(18)12-9-11(17)3-4-14(12)19-16/h3-4,9,13,18H,5-8,10H2,1-2H3/t13-/m1/s1. The normalized spacial score (nSPS) is 27.7. The second-order valence-corrected chi connectivity index (χ2v) is 7.29. The van der Waals surface area contributed by atoms with E-state index in [1.165, 1.54) is 0 Å². The highest BCUT2D eigenvalue weighted by Gasteiger charge is 2.44. The van der Waals surface area contributed by atoms with Gasteiger partial charge in [0.25, 0.3) is 0 Å². The molecule has 1 aromatic rings. The summed E-state index contributed by atoms with van der Waals surface area (Å²) < 4.78 is 6.26. The monoisotopic (exact) mass is 280 g/mol. The van der Waals surface area contributed by atoms with E-state index < -0.39 is 6.10 Å². The van der Waals surface area contributed by atoms with Crippen molar-refractivity contribution in [2.45, 2.75) is 57.7 Å². The van der Waals surface area contributed by atoms with Crippen LogP contribution in [0.15, 0.2) is 18.2 Å². The van der Waals surface area contributed by atoms with Gasteiger partial charge in [0.05, 0.1) is 6.10 Å². The zero-order chi connectivity index (χ0) is 13.7. The van der Waals surface area contributed by atoms with Gasteiger partial charge in [-0.2, -0.15) is 0 Å². The quantitative estimate of drug-likeness (QED) is 0.758. The number of fused-ring (bicyclic) bond motifs is 1. The first-order valence-electron chi connectivity index (χ1n) is 7.06. The van der Waals surface area contributed by atoms with Crippen molar-refractivity contribution in [3.8, 4) is 5.75 Å². The molecule has 1 aliphatic heterocycles. The van der Waals surface area contributed by atoms with Gasteiger partial charge in [0.2, 0.25) is 0 Å². The molecular formula is C16H21ClO2. The summed E-state index contributed by atoms with van der Waals surface area (Å²) in [6.45, 7) is 4.62. The van der Waals surface area contributed by atoms with Crippen molar-refractivity contribution in [2.24, 2.45) is 5.41 Å². The molecule has 0 amide bonds. The molecule has 0 bridgehead atoms. The summed E-state index contributed by atoms with van der Waals surface area (Å²) in [5, 5.41) is 11.0. The predicted octanol–water partition coefficient (Wildman–Crippen LogP) is 4.49. The Kier molecular flexibility index (Phi) is 3.06. The molecule has 1 spiro atoms. The minimum Gasteiger partial charge on any atom is -0.487 e. The van der Waals surface area contributed by atoms with Crippen LogP contribution in [0.4, 0.5) is 0 Å². The fraction of sp³-hybridized carbons (Fsp3) is 0.625. The lowest BCUT2D eigenvalue weighted by Gasteiger charge is -2.47. The first kappa shape index (κ1) is 13.3. The zero-order valence-electron chi connectivity index (χ0n) is 11.6. The molecule has 0 radical (unpaired) electrons. The third kappa shape index (κ3) is 2.48. The molecule has 1 aliphatic carbocycles. The maximum atomic E-state index is 10.4. The summed E-state index contributed by atoms with van der Waals surface area (Å²) in [5.74, 6) is 0.808. The number of halogens is 1. The summed E-state index contributed by atoms with van der Waals surface area (Å²) in [6, 6.07) is 5.54. The van der Waals surface area contributed by atoms with Gasteiger partial charge in [0.15, 0.2) is 0 Å². The number of rotatable bonds is 0. The van der Waals surface area contributed by atoms with Crippen molar-refractivity contribution < 1.29 is 9.84 Å². The van der Waals surface area contributed by atoms with Gasteiger partial charge in [-0.05, 0) is 49.3 Å². The first-order chi connectivity index (χ1) is 8.89. The SMILES string of the molecule is CC1(C)CCC2(CC1)C[C@@H](O)c1cc(Cl)ccc1O2. The average Bonchev–Trinajstić information content (AvgIpc) is 2.35. The van der Waals surface area contributed by atoms with Crippen LogP contribution in [0.3, 0.4) is 0 Å². The van der Waals surface area contributed by atoms with Crippen LogP contribution < -0.4 is 4.74 Å². The van der Waals surface area contributed by atoms with Crippen LogP contribution >= 0.6 is 11.6 Å². The largest absolute Gasteiger partial charge is 0.487 e. The fourth-order valence-corrected chi connectivity index (χ4v) is 3.48. The Morgan fingerprint density at radius 1 is 1.21 bits per heavy atom. The number of hydrogen-bond acceptors (Lipinski definition) is 2. The molecular weight excluding hydrogens is 260 g/mol. The molecule has 0 unspecified atom stereocenters. The second kappa shape index (κ2) is 4.39. The minimum atomic E-state index is -0.455. The Morgan fingerprint density at radius 3 is 2.58 bits per heavy atom. The molecule has 0 saturated heterocycles. The van der Waals surface area contributed by atoms with Crippen LogP contribution in [0.2, 0.25) is 5.02 Å². The van der Waals surface area contributed by atoms with Crippen molar-refractivity contribution in [2.75, 3.05) is 0 Å². The van der Waals surface area contributed by atoms with Crippen LogP contribution in [0.25, 0.3) is 0 Å². The van der Waals surface area contributed by atoms with E-state index in [-0.39, 0.29) is 5.60 Å². The Bertz CT molecular complexity index is 486. The van der Waals surface area contributed by atoms with Gasteiger partial charge in [-0.25, -0.2) is 0 Å². The van der Waals surface area contributed by atoms with Crippen molar-refractivity contribution in [1.82, 2.24) is 0 Å². The Labute approximate surface area is 119 Å². The molecule has 1 atom stereocenters. The highest BCUT2D eigenvalue weighted by molar-refractivity contribution is 6.30. The van der Waals surface area contributed by atoms with E-state index in [0.29, 0.717) is 16.9 Å². The number of hydrogen-bond donors (Lipinski definition) is 1. The predicted molar refractivity (Wildman–Crippen MR) is 76.6 cm³/mol. The topological polar surface area (TPSA) is 29.5 Å². The van der Waals surface area contributed by atoms with E-state index in [1.807, 2.05) is 18.2 Å². The second-order valence-electron chi connectivity index (χ2n) is 6.85. The molecule has 1 saturated carbocycles. The molecule has 3 rings (SSSR count). The van der Waals surface area contributed by atoms with Crippen molar-refractivity contribution >= 4 is 11.6 Å². The van der Waals surface area contributed by atoms with Gasteiger partial charge in [-0.1, -0.05) is 25.4 Å². The van der Waals surface area contributed by atoms with Gasteiger partial charge < -0.3 is 9.84 Å². The molecule has 3 heteroatoms. The summed E-state index contributed by atoms with van der Waals surface area (Å²) in [6.07, 6.45) is 4.60. The summed E-state index contributed by atoms with van der Waals surface area (Å²) >= 11 is 5.99. The van der Waals surface area contributed by atoms with Crippen molar-refractivity contribution in [3.63, 3.8) is 0 Å². The summed E-state index contributed by atoms with van der Waals surface area (Å²) in [5.41, 5.74) is 1.07. The molecule has 1 heterocycles. The zero-order valence-corrected chi connectivity index (χ0v) is 12.3. The molecule has 1 fully saturated rings. The summed E-state index contributed by atoms with van der Waals surface area (Å²) in [4.78, 5) is 0. The Morgan fingerprint density at radius 2 is 1.89 bits per heavy atom. The van der Waals surface area contributed by atoms with Crippen LogP contribution in [0, 0.1) is 5.41 Å². The lowest BCUT2D eigenvalue weighted by molar-refractivity contribution is -0.0575. The molecule has 19 heavy (non-hydrogen) atoms. The van der Waals surface area contributed by atoms with Gasteiger partial charge in [-0.3, -0.25) is 0 Å². The highest BCUT2D eigenvalue weighted by Crippen LogP contribution is 2.50. The Balaban J connectivity index is 1.87. The lowest BCUT2D eigenvalue weighted by atomic mass is 9.68. The van der Waals surface area contributed by atoms with Gasteiger partial charge in [-0.15, -0.1) is 0 Å². The van der Waals surface area contributed by atoms with Gasteiger partial charge >= 0.3 is 0 Å². The van der Waals surface area contributed by atoms with Gasteiger partial charge in [0.1, 0.15) is 11.4 Å². The molecule has 1 N–H and O–H groups in total. The number of aliphatic hydroxyl groups is 1. The van der Waals surface area contributed by atoms with E-state index in [9.17, 15) is 5.11 Å². The number of benzene rings is 1. The first-order valence-corrected chi connectivity index (χ1v) is 7.44. The smallest absolute Gasteiger partial charge is 0.126 e. The molecule has 104 valence electrons. The van der Waals surface area contributed by atoms with Crippen LogP contribution in [0.1, 0.15) is 57.6 Å². The van der Waals surface area contributed by atoms with E-state index in [0.717, 1.165) is 37.0 Å². The molecule has 2 nitrogen and oxygen atoms in total. The number of aliphatic hydroxyl groups excluding tert-OH is 1. The van der Waals surface area contributed by atoms with E-state index in [4.69, 9.17) is 16.3 Å². The maximum Gasteiger partial charge on any atom is 0.126 e. The molecule has 2 aliphatic rings. The average molecular weight is 281 g/mol. The fourth-order valence-electron chi connectivity index (χ4n) is 3.30. The van der Waals surface area contributed by atoms with Crippen LogP contribution in [-0.2, 0) is 0 Å². The van der Waals surface area contributed by atoms with Crippen molar-refractivity contribution in [1.29, 1.82) is 0 Å². The third-order valence-corrected chi connectivity index (χ3v) is 4.97. The van der Waals surface area contributed by atoms with Gasteiger partial charge in [0, 0.05) is 17.0 Å². The molecule has 1 aromatic carbocycles. The maximum absolute atomic E-state index is 10.4. The van der Waals surface area contributed by atoms with E-state index in [2.05, 4.69) is 13.8 Å². The Hall–Kier alpha value is -0.730. The molecule has 0 aromatic heterocycles. The summed E-state index contributed by atoms with van der Waals surface area (Å²) in [7, 11) is 0. The van der Waals surface area contributed by atoms with E-state index in [1.54, 1.807) is 0 Å². The van der Waals surface area contributed by atoms with Crippen LogP contribution in [0.5, 0.6) is 5.75 Å². The highest BCUT2D eigenvalue weighted by atomic mass is 35.5. The van der Waals surface area contributed by atoms with E-state index >= 15 is 0 Å². The van der Waals surface area contributed by atoms with Crippen molar-refractivity contribution in [3.05, 3.63) is 28.8 Å².